The van der Waals surface area contributed by atoms with Crippen molar-refractivity contribution in [1.29, 1.82) is 0 Å². The van der Waals surface area contributed by atoms with Crippen LogP contribution in [0.25, 0.3) is 0 Å². The Morgan fingerprint density at radius 2 is 2.00 bits per heavy atom. The lowest BCUT2D eigenvalue weighted by molar-refractivity contribution is 0.00505. The van der Waals surface area contributed by atoms with Crippen LogP contribution in [-0.4, -0.2) is 29.3 Å². The molecule has 0 spiro atoms. The summed E-state index contributed by atoms with van der Waals surface area (Å²) in [5.41, 5.74) is -0.175. The third kappa shape index (κ3) is 4.90. The Morgan fingerprint density at radius 3 is 2.56 bits per heavy atom. The van der Waals surface area contributed by atoms with Gasteiger partial charge in [0.05, 0.1) is 12.2 Å². The Balaban J connectivity index is 2.62. The van der Waals surface area contributed by atoms with Crippen LogP contribution in [0.3, 0.4) is 0 Å². The summed E-state index contributed by atoms with van der Waals surface area (Å²) in [4.78, 5) is 8.68. The first-order valence-electron chi connectivity index (χ1n) is 6.06. The number of rotatable bonds is 6. The highest BCUT2D eigenvalue weighted by Gasteiger charge is 2.16. The molecule has 1 heterocycles. The summed E-state index contributed by atoms with van der Waals surface area (Å²) in [6.45, 7) is 8.75. The van der Waals surface area contributed by atoms with Gasteiger partial charge < -0.3 is 9.47 Å². The number of aromatic nitrogens is 2. The maximum absolute atomic E-state index is 5.65. The van der Waals surface area contributed by atoms with Gasteiger partial charge in [0, 0.05) is 25.5 Å². The third-order valence-electron chi connectivity index (χ3n) is 2.71. The zero-order valence-corrected chi connectivity index (χ0v) is 13.2. The zero-order chi connectivity index (χ0) is 13.8. The summed E-state index contributed by atoms with van der Waals surface area (Å²) in [6, 6.07) is 1.78. The molecule has 1 aromatic rings. The lowest BCUT2D eigenvalue weighted by Crippen LogP contribution is -2.25. The normalized spacial score (nSPS) is 11.9. The van der Waals surface area contributed by atoms with E-state index in [1.807, 2.05) is 13.8 Å². The highest BCUT2D eigenvalue weighted by Crippen LogP contribution is 2.20. The number of ether oxygens (including phenoxy) is 2. The van der Waals surface area contributed by atoms with Crippen molar-refractivity contribution in [2.75, 3.05) is 13.7 Å². The molecule has 1 rings (SSSR count). The number of hydrogen-bond acceptors (Lipinski definition) is 4. The van der Waals surface area contributed by atoms with Crippen LogP contribution in [0.4, 0.5) is 0 Å². The fraction of sp³-hybridized carbons (Fsp3) is 0.692. The SMILES string of the molecule is COC(C)(C)CCOc1cc(Br)nc(C(C)C)n1. The Morgan fingerprint density at radius 1 is 1.33 bits per heavy atom. The molecule has 18 heavy (non-hydrogen) atoms. The summed E-state index contributed by atoms with van der Waals surface area (Å²) in [6.07, 6.45) is 0.808. The van der Waals surface area contributed by atoms with Gasteiger partial charge in [0.15, 0.2) is 0 Å². The number of hydrogen-bond donors (Lipinski definition) is 0. The van der Waals surface area contributed by atoms with E-state index in [0.29, 0.717) is 12.5 Å². The molecular formula is C13H21BrN2O2. The fourth-order valence-electron chi connectivity index (χ4n) is 1.25. The monoisotopic (exact) mass is 316 g/mol. The van der Waals surface area contributed by atoms with E-state index in [-0.39, 0.29) is 11.5 Å². The minimum absolute atomic E-state index is 0.175. The Labute approximate surface area is 117 Å². The van der Waals surface area contributed by atoms with Crippen LogP contribution < -0.4 is 4.74 Å². The average Bonchev–Trinajstić information content (AvgIpc) is 2.28. The first-order chi connectivity index (χ1) is 8.34. The minimum atomic E-state index is -0.175. The van der Waals surface area contributed by atoms with Crippen LogP contribution in [0.1, 0.15) is 45.9 Å². The predicted octanol–water partition coefficient (Wildman–Crippen LogP) is 3.56. The highest BCUT2D eigenvalue weighted by atomic mass is 79.9. The number of halogens is 1. The zero-order valence-electron chi connectivity index (χ0n) is 11.7. The average molecular weight is 317 g/mol. The first-order valence-corrected chi connectivity index (χ1v) is 6.86. The topological polar surface area (TPSA) is 44.2 Å². The molecule has 0 saturated heterocycles. The lowest BCUT2D eigenvalue weighted by atomic mass is 10.1. The molecule has 0 N–H and O–H groups in total. The molecule has 0 fully saturated rings. The van der Waals surface area contributed by atoms with Gasteiger partial charge in [-0.3, -0.25) is 0 Å². The van der Waals surface area contributed by atoms with Crippen molar-refractivity contribution in [2.24, 2.45) is 0 Å². The molecule has 102 valence electrons. The summed E-state index contributed by atoms with van der Waals surface area (Å²) in [7, 11) is 1.71. The second-order valence-corrected chi connectivity index (χ2v) is 5.92. The maximum Gasteiger partial charge on any atom is 0.217 e. The van der Waals surface area contributed by atoms with Gasteiger partial charge in [0.25, 0.3) is 0 Å². The third-order valence-corrected chi connectivity index (χ3v) is 3.12. The van der Waals surface area contributed by atoms with Crippen molar-refractivity contribution in [3.05, 3.63) is 16.5 Å². The summed E-state index contributed by atoms with van der Waals surface area (Å²) < 4.78 is 11.7. The predicted molar refractivity (Wildman–Crippen MR) is 75.0 cm³/mol. The highest BCUT2D eigenvalue weighted by molar-refractivity contribution is 9.10. The summed E-state index contributed by atoms with van der Waals surface area (Å²) in [5, 5.41) is 0. The molecule has 5 heteroatoms. The quantitative estimate of drug-likeness (QED) is 0.753. The Hall–Kier alpha value is -0.680. The van der Waals surface area contributed by atoms with Gasteiger partial charge in [0.1, 0.15) is 10.4 Å². The molecule has 0 aliphatic carbocycles. The summed E-state index contributed by atoms with van der Waals surface area (Å²) in [5.74, 6) is 1.66. The van der Waals surface area contributed by atoms with E-state index < -0.39 is 0 Å². The molecule has 4 nitrogen and oxygen atoms in total. The smallest absolute Gasteiger partial charge is 0.217 e. The van der Waals surface area contributed by atoms with E-state index in [1.54, 1.807) is 13.2 Å². The van der Waals surface area contributed by atoms with Crippen molar-refractivity contribution in [3.8, 4) is 5.88 Å². The molecule has 0 aliphatic rings. The van der Waals surface area contributed by atoms with Gasteiger partial charge in [-0.25, -0.2) is 4.98 Å². The first kappa shape index (κ1) is 15.4. The van der Waals surface area contributed by atoms with Crippen molar-refractivity contribution in [1.82, 2.24) is 9.97 Å². The number of methoxy groups -OCH3 is 1. The standard InChI is InChI=1S/C13H21BrN2O2/c1-9(2)12-15-10(14)8-11(16-12)18-7-6-13(3,4)17-5/h8-9H,6-7H2,1-5H3. The number of nitrogens with zero attached hydrogens (tertiary/aromatic N) is 2. The van der Waals surface area contributed by atoms with E-state index in [2.05, 4.69) is 39.7 Å². The van der Waals surface area contributed by atoms with E-state index in [0.717, 1.165) is 16.8 Å². The van der Waals surface area contributed by atoms with Crippen LogP contribution in [-0.2, 0) is 4.74 Å². The minimum Gasteiger partial charge on any atom is -0.477 e. The van der Waals surface area contributed by atoms with Gasteiger partial charge in [-0.1, -0.05) is 13.8 Å². The Bertz CT molecular complexity index is 395. The van der Waals surface area contributed by atoms with Gasteiger partial charge in [-0.05, 0) is 29.8 Å². The molecule has 0 unspecified atom stereocenters. The van der Waals surface area contributed by atoms with E-state index >= 15 is 0 Å². The molecule has 0 atom stereocenters. The molecule has 0 saturated carbocycles. The van der Waals surface area contributed by atoms with Crippen LogP contribution in [0.2, 0.25) is 0 Å². The van der Waals surface area contributed by atoms with Crippen molar-refractivity contribution < 1.29 is 9.47 Å². The van der Waals surface area contributed by atoms with Crippen molar-refractivity contribution >= 4 is 15.9 Å². The second-order valence-electron chi connectivity index (χ2n) is 5.10. The molecule has 0 amide bonds. The lowest BCUT2D eigenvalue weighted by Gasteiger charge is -2.22. The van der Waals surface area contributed by atoms with Gasteiger partial charge in [-0.2, -0.15) is 4.98 Å². The van der Waals surface area contributed by atoms with Crippen molar-refractivity contribution in [3.63, 3.8) is 0 Å². The van der Waals surface area contributed by atoms with Crippen LogP contribution in [0.5, 0.6) is 5.88 Å². The molecule has 0 aliphatic heterocycles. The second kappa shape index (κ2) is 6.48. The van der Waals surface area contributed by atoms with Gasteiger partial charge in [-0.15, -0.1) is 0 Å². The summed E-state index contributed by atoms with van der Waals surface area (Å²) >= 11 is 3.37. The van der Waals surface area contributed by atoms with Crippen LogP contribution in [0, 0.1) is 0 Å². The van der Waals surface area contributed by atoms with Crippen LogP contribution >= 0.6 is 15.9 Å². The molecule has 0 aromatic carbocycles. The molecule has 0 bridgehead atoms. The molecular weight excluding hydrogens is 296 g/mol. The van der Waals surface area contributed by atoms with E-state index in [4.69, 9.17) is 9.47 Å². The van der Waals surface area contributed by atoms with E-state index in [9.17, 15) is 0 Å². The Kier molecular flexibility index (Phi) is 5.53. The fourth-order valence-corrected chi connectivity index (χ4v) is 1.63. The van der Waals surface area contributed by atoms with E-state index in [1.165, 1.54) is 0 Å². The molecule has 0 radical (unpaired) electrons. The van der Waals surface area contributed by atoms with Gasteiger partial charge >= 0.3 is 0 Å². The van der Waals surface area contributed by atoms with Gasteiger partial charge in [0.2, 0.25) is 5.88 Å². The molecule has 1 aromatic heterocycles. The van der Waals surface area contributed by atoms with Crippen molar-refractivity contribution in [2.45, 2.75) is 45.6 Å². The largest absolute Gasteiger partial charge is 0.477 e. The maximum atomic E-state index is 5.65. The van der Waals surface area contributed by atoms with Crippen LogP contribution in [0.15, 0.2) is 10.7 Å².